The van der Waals surface area contributed by atoms with E-state index in [0.29, 0.717) is 42.9 Å². The fourth-order valence-corrected chi connectivity index (χ4v) is 5.66. The summed E-state index contributed by atoms with van der Waals surface area (Å²) in [5.41, 5.74) is 3.17. The molecule has 1 saturated carbocycles. The van der Waals surface area contributed by atoms with Gasteiger partial charge in [0.05, 0.1) is 17.2 Å². The number of aromatic nitrogens is 4. The van der Waals surface area contributed by atoms with Crippen LogP contribution in [0.2, 0.25) is 0 Å². The zero-order valence-corrected chi connectivity index (χ0v) is 19.1. The zero-order valence-electron chi connectivity index (χ0n) is 19.1. The Kier molecular flexibility index (Phi) is 5.12. The second-order valence-electron chi connectivity index (χ2n) is 9.39. The molecule has 35 heavy (non-hydrogen) atoms. The van der Waals surface area contributed by atoms with Gasteiger partial charge in [-0.2, -0.15) is 5.10 Å². The van der Waals surface area contributed by atoms with Crippen LogP contribution in [0.5, 0.6) is 0 Å². The largest absolute Gasteiger partial charge is 0.479 e. The van der Waals surface area contributed by atoms with E-state index in [1.54, 1.807) is 12.3 Å². The molecule has 4 aromatic rings. The summed E-state index contributed by atoms with van der Waals surface area (Å²) in [5, 5.41) is 17.6. The number of aromatic amines is 1. The number of H-pyrrole nitrogens is 1. The summed E-state index contributed by atoms with van der Waals surface area (Å²) >= 11 is 0. The fraction of sp³-hybridized carbons (Fsp3) is 0.400. The van der Waals surface area contributed by atoms with Gasteiger partial charge in [0, 0.05) is 54.6 Å². The van der Waals surface area contributed by atoms with Crippen LogP contribution in [0.3, 0.4) is 0 Å². The molecule has 0 unspecified atom stereocenters. The number of benzene rings is 1. The number of nitrogens with one attached hydrogen (secondary N) is 1. The highest BCUT2D eigenvalue weighted by atomic mass is 19.2. The maximum atomic E-state index is 14.4. The summed E-state index contributed by atoms with van der Waals surface area (Å²) in [7, 11) is 1.42. The van der Waals surface area contributed by atoms with E-state index in [9.17, 15) is 18.7 Å². The predicted octanol–water partition coefficient (Wildman–Crippen LogP) is 4.42. The van der Waals surface area contributed by atoms with Crippen molar-refractivity contribution in [1.82, 2.24) is 19.7 Å². The Morgan fingerprint density at radius 3 is 2.66 bits per heavy atom. The van der Waals surface area contributed by atoms with Gasteiger partial charge >= 0.3 is 5.97 Å². The van der Waals surface area contributed by atoms with Crippen molar-refractivity contribution in [2.24, 2.45) is 0 Å². The van der Waals surface area contributed by atoms with Crippen molar-refractivity contribution in [1.29, 1.82) is 0 Å². The van der Waals surface area contributed by atoms with Gasteiger partial charge in [-0.3, -0.25) is 5.10 Å². The van der Waals surface area contributed by atoms with Crippen molar-refractivity contribution in [3.63, 3.8) is 0 Å². The molecule has 0 amide bonds. The van der Waals surface area contributed by atoms with E-state index < -0.39 is 23.2 Å². The third-order valence-corrected chi connectivity index (χ3v) is 7.53. The second-order valence-corrected chi connectivity index (χ2v) is 9.39. The van der Waals surface area contributed by atoms with Gasteiger partial charge in [-0.15, -0.1) is 0 Å². The van der Waals surface area contributed by atoms with Crippen LogP contribution in [0.15, 0.2) is 30.5 Å². The first-order valence-electron chi connectivity index (χ1n) is 11.6. The summed E-state index contributed by atoms with van der Waals surface area (Å²) in [6, 6.07) is 5.81. The molecule has 0 radical (unpaired) electrons. The van der Waals surface area contributed by atoms with Crippen LogP contribution in [0.1, 0.15) is 48.8 Å². The lowest BCUT2D eigenvalue weighted by Gasteiger charge is -2.43. The molecule has 1 aliphatic heterocycles. The van der Waals surface area contributed by atoms with Crippen LogP contribution < -0.4 is 0 Å². The monoisotopic (exact) mass is 482 g/mol. The van der Waals surface area contributed by atoms with E-state index in [0.717, 1.165) is 41.1 Å². The van der Waals surface area contributed by atoms with E-state index in [1.807, 2.05) is 10.6 Å². The summed E-state index contributed by atoms with van der Waals surface area (Å²) in [6.45, 7) is 1.17. The molecule has 2 N–H and O–H groups in total. The third-order valence-electron chi connectivity index (χ3n) is 7.53. The van der Waals surface area contributed by atoms with E-state index in [-0.39, 0.29) is 11.8 Å². The Labute approximate surface area is 198 Å². The molecule has 1 saturated heterocycles. The minimum absolute atomic E-state index is 0.0832. The number of pyridine rings is 1. The van der Waals surface area contributed by atoms with Crippen LogP contribution in [0, 0.1) is 11.6 Å². The number of nitrogens with zero attached hydrogens (tertiary/aromatic N) is 3. The number of hydrogen-bond acceptors (Lipinski definition) is 5. The average Bonchev–Trinajstić information content (AvgIpc) is 3.41. The lowest BCUT2D eigenvalue weighted by atomic mass is 9.66. The molecule has 8 nitrogen and oxygen atoms in total. The fourth-order valence-electron chi connectivity index (χ4n) is 5.66. The molecule has 3 aromatic heterocycles. The molecule has 1 aromatic carbocycles. The lowest BCUT2D eigenvalue weighted by Crippen LogP contribution is -2.51. The number of hydrogen-bond donors (Lipinski definition) is 2. The van der Waals surface area contributed by atoms with Crippen molar-refractivity contribution in [3.8, 4) is 5.69 Å². The van der Waals surface area contributed by atoms with Crippen molar-refractivity contribution >= 4 is 28.0 Å². The van der Waals surface area contributed by atoms with E-state index in [2.05, 4.69) is 10.2 Å². The Hall–Kier alpha value is -3.37. The quantitative estimate of drug-likeness (QED) is 0.437. The van der Waals surface area contributed by atoms with Gasteiger partial charge < -0.3 is 19.1 Å². The molecule has 0 spiro atoms. The number of fused-ring (bicyclic) bond motifs is 2. The molecule has 2 aliphatic rings. The number of rotatable bonds is 5. The van der Waals surface area contributed by atoms with Gasteiger partial charge in [-0.05, 0) is 49.8 Å². The molecule has 0 atom stereocenters. The van der Waals surface area contributed by atoms with Crippen LogP contribution in [-0.4, -0.2) is 56.7 Å². The molecular weight excluding hydrogens is 458 g/mol. The number of carboxylic acid groups (broad SMARTS) is 1. The minimum Gasteiger partial charge on any atom is -0.479 e. The smallest absolute Gasteiger partial charge is 0.335 e. The number of methoxy groups -OCH3 is 1. The highest BCUT2D eigenvalue weighted by Crippen LogP contribution is 2.52. The molecule has 2 fully saturated rings. The maximum Gasteiger partial charge on any atom is 0.335 e. The zero-order chi connectivity index (χ0) is 24.3. The van der Waals surface area contributed by atoms with E-state index in [4.69, 9.17) is 14.5 Å². The minimum atomic E-state index is -1.24. The van der Waals surface area contributed by atoms with Gasteiger partial charge in [0.1, 0.15) is 0 Å². The van der Waals surface area contributed by atoms with E-state index in [1.165, 1.54) is 13.2 Å². The van der Waals surface area contributed by atoms with Crippen molar-refractivity contribution in [2.75, 3.05) is 20.3 Å². The molecule has 4 heterocycles. The Bertz CT molecular complexity index is 1450. The van der Waals surface area contributed by atoms with Crippen LogP contribution in [0.4, 0.5) is 8.78 Å². The Morgan fingerprint density at radius 1 is 1.20 bits per heavy atom. The molecule has 1 aliphatic carbocycles. The molecular formula is C25H24F2N4O4. The summed E-state index contributed by atoms with van der Waals surface area (Å²) in [5.74, 6) is -2.88. The highest BCUT2D eigenvalue weighted by molar-refractivity contribution is 5.94. The predicted molar refractivity (Wildman–Crippen MR) is 123 cm³/mol. The number of ether oxygens (including phenoxy) is 2. The average molecular weight is 482 g/mol. The first-order chi connectivity index (χ1) is 16.9. The van der Waals surface area contributed by atoms with Crippen LogP contribution in [-0.2, 0) is 14.3 Å². The topological polar surface area (TPSA) is 102 Å². The number of carbonyl (C=O) groups is 1. The van der Waals surface area contributed by atoms with Crippen molar-refractivity contribution in [3.05, 3.63) is 53.4 Å². The molecule has 10 heteroatoms. The first-order valence-corrected chi connectivity index (χ1v) is 11.6. The van der Waals surface area contributed by atoms with E-state index >= 15 is 0 Å². The molecule has 6 rings (SSSR count). The standard InChI is InChI=1S/C25H24F2N4O4/c1-34-25(24(32)33)10-15(11-25)20-21-19(8-14-12-28-30-23(14)29-21)31(16-2-3-17(26)18(27)9-16)22(20)13-4-6-35-7-5-13/h2-3,8-9,12-13,15H,4-7,10-11H2,1H3,(H,32,33)(H,28,29,30)/t15-,25+. The number of carboxylic acids is 1. The molecule has 182 valence electrons. The van der Waals surface area contributed by atoms with Crippen molar-refractivity contribution < 1.29 is 28.2 Å². The lowest BCUT2D eigenvalue weighted by molar-refractivity contribution is -0.175. The normalized spacial score (nSPS) is 23.1. The summed E-state index contributed by atoms with van der Waals surface area (Å²) in [6.07, 6.45) is 3.78. The number of halogens is 2. The van der Waals surface area contributed by atoms with Gasteiger partial charge in [0.15, 0.2) is 22.9 Å². The first kappa shape index (κ1) is 22.1. The van der Waals surface area contributed by atoms with Gasteiger partial charge in [-0.1, -0.05) is 0 Å². The van der Waals surface area contributed by atoms with Crippen LogP contribution >= 0.6 is 0 Å². The summed E-state index contributed by atoms with van der Waals surface area (Å²) in [4.78, 5) is 16.8. The van der Waals surface area contributed by atoms with Gasteiger partial charge in [0.25, 0.3) is 0 Å². The highest BCUT2D eigenvalue weighted by Gasteiger charge is 2.53. The maximum absolute atomic E-state index is 14.4. The SMILES string of the molecule is CO[C@]1(C(=O)O)C[C@H](c2c(C3CCOCC3)n(-c3ccc(F)c(F)c3)c3cc4cn[nH]c4nc32)C1. The molecule has 0 bridgehead atoms. The second kappa shape index (κ2) is 8.10. The van der Waals surface area contributed by atoms with Crippen molar-refractivity contribution in [2.45, 2.75) is 43.1 Å². The number of aliphatic carboxylic acids is 1. The Morgan fingerprint density at radius 2 is 1.97 bits per heavy atom. The van der Waals surface area contributed by atoms with Crippen LogP contribution in [0.25, 0.3) is 27.8 Å². The van der Waals surface area contributed by atoms with Gasteiger partial charge in [-0.25, -0.2) is 18.6 Å². The third kappa shape index (κ3) is 3.35. The van der Waals surface area contributed by atoms with Gasteiger partial charge in [0.2, 0.25) is 0 Å². The summed E-state index contributed by atoms with van der Waals surface area (Å²) < 4.78 is 41.2. The Balaban J connectivity index is 1.64.